The highest BCUT2D eigenvalue weighted by molar-refractivity contribution is 7.91. The van der Waals surface area contributed by atoms with Crippen molar-refractivity contribution in [1.29, 1.82) is 0 Å². The quantitative estimate of drug-likeness (QED) is 0.765. The van der Waals surface area contributed by atoms with E-state index >= 15 is 0 Å². The van der Waals surface area contributed by atoms with Gasteiger partial charge in [-0.25, -0.2) is 8.42 Å². The fourth-order valence-corrected chi connectivity index (χ4v) is 5.53. The summed E-state index contributed by atoms with van der Waals surface area (Å²) in [5, 5.41) is 6.05. The van der Waals surface area contributed by atoms with Crippen LogP contribution in [0, 0.1) is 5.92 Å². The molecule has 1 atom stereocenters. The molecule has 1 amide bonds. The molecule has 0 unspecified atom stereocenters. The highest BCUT2D eigenvalue weighted by atomic mass is 32.2. The van der Waals surface area contributed by atoms with Gasteiger partial charge in [-0.2, -0.15) is 4.31 Å². The Morgan fingerprint density at radius 2 is 2.04 bits per heavy atom. The van der Waals surface area contributed by atoms with E-state index in [-0.39, 0.29) is 16.2 Å². The van der Waals surface area contributed by atoms with Gasteiger partial charge in [-0.05, 0) is 44.4 Å². The SMILES string of the molecule is CCN[C@H](C)CNC(=O)c1ccc(S(=O)(=O)N2CCC(C)CC2)s1. The van der Waals surface area contributed by atoms with Crippen LogP contribution in [0.25, 0.3) is 0 Å². The largest absolute Gasteiger partial charge is 0.350 e. The Hall–Kier alpha value is -0.960. The Bertz CT molecular complexity index is 649. The lowest BCUT2D eigenvalue weighted by Gasteiger charge is -2.28. The highest BCUT2D eigenvalue weighted by Crippen LogP contribution is 2.28. The van der Waals surface area contributed by atoms with Crippen molar-refractivity contribution >= 4 is 27.3 Å². The summed E-state index contributed by atoms with van der Waals surface area (Å²) in [5.41, 5.74) is 0. The Kier molecular flexibility index (Phi) is 6.79. The number of hydrogen-bond acceptors (Lipinski definition) is 5. The fourth-order valence-electron chi connectivity index (χ4n) is 2.69. The van der Waals surface area contributed by atoms with Crippen LogP contribution in [0.15, 0.2) is 16.3 Å². The minimum Gasteiger partial charge on any atom is -0.350 e. The maximum absolute atomic E-state index is 12.7. The molecule has 1 aliphatic rings. The number of sulfonamides is 1. The predicted molar refractivity (Wildman–Crippen MR) is 96.9 cm³/mol. The Balaban J connectivity index is 2.00. The van der Waals surface area contributed by atoms with Crippen LogP contribution in [-0.4, -0.2) is 50.9 Å². The summed E-state index contributed by atoms with van der Waals surface area (Å²) in [6.45, 7) is 8.61. The van der Waals surface area contributed by atoms with Gasteiger partial charge in [0, 0.05) is 25.7 Å². The minimum atomic E-state index is -3.48. The van der Waals surface area contributed by atoms with E-state index in [1.54, 1.807) is 12.1 Å². The monoisotopic (exact) mass is 373 g/mol. The molecule has 24 heavy (non-hydrogen) atoms. The molecule has 0 aliphatic carbocycles. The molecule has 2 rings (SSSR count). The molecule has 1 aromatic heterocycles. The number of likely N-dealkylation sites (N-methyl/N-ethyl adjacent to an activating group) is 1. The first-order valence-electron chi connectivity index (χ1n) is 8.46. The van der Waals surface area contributed by atoms with Crippen LogP contribution in [0.2, 0.25) is 0 Å². The first kappa shape index (κ1) is 19.4. The number of nitrogens with one attached hydrogen (secondary N) is 2. The van der Waals surface area contributed by atoms with Gasteiger partial charge in [0.25, 0.3) is 15.9 Å². The lowest BCUT2D eigenvalue weighted by atomic mass is 10.0. The third-order valence-corrected chi connectivity index (χ3v) is 7.71. The minimum absolute atomic E-state index is 0.178. The van der Waals surface area contributed by atoms with Gasteiger partial charge in [-0.3, -0.25) is 4.79 Å². The van der Waals surface area contributed by atoms with E-state index in [0.29, 0.717) is 30.4 Å². The maximum Gasteiger partial charge on any atom is 0.261 e. The van der Waals surface area contributed by atoms with E-state index in [1.165, 1.54) is 4.31 Å². The lowest BCUT2D eigenvalue weighted by molar-refractivity contribution is 0.0954. The Morgan fingerprint density at radius 3 is 2.67 bits per heavy atom. The zero-order valence-electron chi connectivity index (χ0n) is 14.5. The average Bonchev–Trinajstić information content (AvgIpc) is 3.04. The molecule has 0 saturated carbocycles. The van der Waals surface area contributed by atoms with E-state index in [0.717, 1.165) is 30.7 Å². The number of piperidine rings is 1. The van der Waals surface area contributed by atoms with Crippen molar-refractivity contribution in [2.45, 2.75) is 43.9 Å². The molecule has 1 saturated heterocycles. The van der Waals surface area contributed by atoms with Gasteiger partial charge in [-0.1, -0.05) is 13.8 Å². The fraction of sp³-hybridized carbons (Fsp3) is 0.688. The third-order valence-electron chi connectivity index (χ3n) is 4.26. The Labute approximate surface area is 148 Å². The summed E-state index contributed by atoms with van der Waals surface area (Å²) in [7, 11) is -3.48. The smallest absolute Gasteiger partial charge is 0.261 e. The number of carbonyl (C=O) groups is 1. The number of rotatable bonds is 7. The van der Waals surface area contributed by atoms with E-state index in [2.05, 4.69) is 17.6 Å². The summed E-state index contributed by atoms with van der Waals surface area (Å²) in [6.07, 6.45) is 1.78. The van der Waals surface area contributed by atoms with Gasteiger partial charge in [0.05, 0.1) is 4.88 Å². The molecule has 1 fully saturated rings. The number of thiophene rings is 1. The molecular weight excluding hydrogens is 346 g/mol. The van der Waals surface area contributed by atoms with E-state index in [4.69, 9.17) is 0 Å². The summed E-state index contributed by atoms with van der Waals surface area (Å²) in [4.78, 5) is 12.6. The second kappa shape index (κ2) is 8.42. The highest BCUT2D eigenvalue weighted by Gasteiger charge is 2.29. The molecule has 1 aromatic rings. The molecule has 2 heterocycles. The van der Waals surface area contributed by atoms with E-state index in [1.807, 2.05) is 13.8 Å². The summed E-state index contributed by atoms with van der Waals surface area (Å²) < 4.78 is 27.1. The molecule has 8 heteroatoms. The predicted octanol–water partition coefficient (Wildman–Crippen LogP) is 1.90. The van der Waals surface area contributed by atoms with E-state index < -0.39 is 10.0 Å². The van der Waals surface area contributed by atoms with Gasteiger partial charge < -0.3 is 10.6 Å². The molecule has 0 spiro atoms. The van der Waals surface area contributed by atoms with Crippen LogP contribution in [-0.2, 0) is 10.0 Å². The molecule has 6 nitrogen and oxygen atoms in total. The first-order valence-corrected chi connectivity index (χ1v) is 10.7. The summed E-state index contributed by atoms with van der Waals surface area (Å²) in [5.74, 6) is 0.346. The zero-order chi connectivity index (χ0) is 17.7. The number of carbonyl (C=O) groups excluding carboxylic acids is 1. The van der Waals surface area contributed by atoms with E-state index in [9.17, 15) is 13.2 Å². The second-order valence-electron chi connectivity index (χ2n) is 6.37. The zero-order valence-corrected chi connectivity index (χ0v) is 16.2. The summed E-state index contributed by atoms with van der Waals surface area (Å²) >= 11 is 1.05. The van der Waals surface area contributed by atoms with Crippen molar-refractivity contribution in [3.05, 3.63) is 17.0 Å². The molecule has 136 valence electrons. The molecule has 0 aromatic carbocycles. The number of amides is 1. The standard InChI is InChI=1S/C16H27N3O3S2/c1-4-17-13(3)11-18-16(20)14-5-6-15(23-14)24(21,22)19-9-7-12(2)8-10-19/h5-6,12-13,17H,4,7-11H2,1-3H3,(H,18,20)/t13-/m1/s1. The van der Waals surface area contributed by atoms with Gasteiger partial charge >= 0.3 is 0 Å². The third kappa shape index (κ3) is 4.78. The first-order chi connectivity index (χ1) is 11.3. The van der Waals surface area contributed by atoms with Crippen molar-refractivity contribution in [2.24, 2.45) is 5.92 Å². The second-order valence-corrected chi connectivity index (χ2v) is 9.62. The van der Waals surface area contributed by atoms with Crippen molar-refractivity contribution in [2.75, 3.05) is 26.2 Å². The average molecular weight is 374 g/mol. The van der Waals surface area contributed by atoms with Crippen molar-refractivity contribution in [3.63, 3.8) is 0 Å². The molecule has 2 N–H and O–H groups in total. The van der Waals surface area contributed by atoms with Crippen molar-refractivity contribution < 1.29 is 13.2 Å². The van der Waals surface area contributed by atoms with Crippen molar-refractivity contribution in [1.82, 2.24) is 14.9 Å². The number of hydrogen-bond donors (Lipinski definition) is 2. The van der Waals surface area contributed by atoms with Crippen LogP contribution in [0.1, 0.15) is 43.3 Å². The van der Waals surface area contributed by atoms with Gasteiger partial charge in [0.1, 0.15) is 4.21 Å². The topological polar surface area (TPSA) is 78.5 Å². The van der Waals surface area contributed by atoms with Gasteiger partial charge in [0.2, 0.25) is 0 Å². The molecule has 1 aliphatic heterocycles. The van der Waals surface area contributed by atoms with Crippen LogP contribution in [0.5, 0.6) is 0 Å². The number of nitrogens with zero attached hydrogens (tertiary/aromatic N) is 1. The van der Waals surface area contributed by atoms with Crippen LogP contribution >= 0.6 is 11.3 Å². The molecule has 0 bridgehead atoms. The summed E-state index contributed by atoms with van der Waals surface area (Å²) in [6, 6.07) is 3.32. The van der Waals surface area contributed by atoms with Crippen LogP contribution in [0.4, 0.5) is 0 Å². The normalized spacial score (nSPS) is 18.5. The molecule has 0 radical (unpaired) electrons. The van der Waals surface area contributed by atoms with Crippen molar-refractivity contribution in [3.8, 4) is 0 Å². The maximum atomic E-state index is 12.7. The van der Waals surface area contributed by atoms with Gasteiger partial charge in [-0.15, -0.1) is 11.3 Å². The van der Waals surface area contributed by atoms with Gasteiger partial charge in [0.15, 0.2) is 0 Å². The Morgan fingerprint density at radius 1 is 1.38 bits per heavy atom. The van der Waals surface area contributed by atoms with Crippen LogP contribution in [0.3, 0.4) is 0 Å². The van der Waals surface area contributed by atoms with Crippen LogP contribution < -0.4 is 10.6 Å². The lowest BCUT2D eigenvalue weighted by Crippen LogP contribution is -2.38. The molecular formula is C16H27N3O3S2.